The van der Waals surface area contributed by atoms with E-state index in [4.69, 9.17) is 23.2 Å². The Morgan fingerprint density at radius 2 is 2.24 bits per heavy atom. The van der Waals surface area contributed by atoms with Gasteiger partial charge in [0.05, 0.1) is 15.7 Å². The van der Waals surface area contributed by atoms with E-state index in [-0.39, 0.29) is 5.91 Å². The van der Waals surface area contributed by atoms with Crippen molar-refractivity contribution in [2.75, 3.05) is 6.54 Å². The molecule has 4 nitrogen and oxygen atoms in total. The van der Waals surface area contributed by atoms with E-state index in [9.17, 15) is 4.79 Å². The fourth-order valence-electron chi connectivity index (χ4n) is 1.56. The van der Waals surface area contributed by atoms with Gasteiger partial charge in [-0.2, -0.15) is 0 Å². The number of nitrogens with zero attached hydrogens (tertiary/aromatic N) is 2. The van der Waals surface area contributed by atoms with E-state index in [1.165, 1.54) is 6.92 Å². The van der Waals surface area contributed by atoms with Crippen LogP contribution in [0, 0.1) is 0 Å². The number of carbonyl (C=O) groups is 1. The number of amides is 1. The number of nitrogens with one attached hydrogen (secondary N) is 1. The Bertz CT molecular complexity index is 565. The third-order valence-corrected chi connectivity index (χ3v) is 2.76. The Labute approximate surface area is 109 Å². The summed E-state index contributed by atoms with van der Waals surface area (Å²) in [6.07, 6.45) is 4.27. The van der Waals surface area contributed by atoms with E-state index in [2.05, 4.69) is 10.3 Å². The number of hydrogen-bond acceptors (Lipinski definition) is 2. The highest BCUT2D eigenvalue weighted by molar-refractivity contribution is 6.36. The summed E-state index contributed by atoms with van der Waals surface area (Å²) in [7, 11) is 0. The quantitative estimate of drug-likeness (QED) is 0.932. The fraction of sp³-hybridized carbons (Fsp3) is 0.273. The summed E-state index contributed by atoms with van der Waals surface area (Å²) in [6.45, 7) is 2.05. The zero-order valence-corrected chi connectivity index (χ0v) is 10.7. The molecule has 1 amide bonds. The number of pyridine rings is 1. The van der Waals surface area contributed by atoms with Crippen molar-refractivity contribution >= 4 is 34.8 Å². The molecule has 0 fully saturated rings. The molecule has 2 aromatic heterocycles. The summed E-state index contributed by atoms with van der Waals surface area (Å²) in [4.78, 5) is 15.1. The minimum atomic E-state index is -0.0464. The summed E-state index contributed by atoms with van der Waals surface area (Å²) in [6, 6.07) is 1.66. The van der Waals surface area contributed by atoms with Crippen LogP contribution in [0.4, 0.5) is 0 Å². The van der Waals surface area contributed by atoms with Gasteiger partial charge in [-0.05, 0) is 6.07 Å². The molecule has 2 heterocycles. The molecule has 17 heavy (non-hydrogen) atoms. The first-order valence-corrected chi connectivity index (χ1v) is 5.89. The predicted molar refractivity (Wildman–Crippen MR) is 67.6 cm³/mol. The van der Waals surface area contributed by atoms with Gasteiger partial charge < -0.3 is 9.72 Å². The van der Waals surface area contributed by atoms with Crippen molar-refractivity contribution in [2.24, 2.45) is 0 Å². The Kier molecular flexibility index (Phi) is 3.54. The first kappa shape index (κ1) is 12.2. The molecule has 0 atom stereocenters. The van der Waals surface area contributed by atoms with Crippen molar-refractivity contribution < 1.29 is 4.79 Å². The Morgan fingerprint density at radius 1 is 1.47 bits per heavy atom. The SMILES string of the molecule is CC(=O)NCCc1cn2cc(Cl)cc(Cl)c2n1. The lowest BCUT2D eigenvalue weighted by molar-refractivity contribution is -0.118. The number of rotatable bonds is 3. The molecule has 0 aromatic carbocycles. The minimum absolute atomic E-state index is 0.0464. The molecule has 0 aliphatic rings. The smallest absolute Gasteiger partial charge is 0.216 e. The van der Waals surface area contributed by atoms with Gasteiger partial charge in [0, 0.05) is 32.3 Å². The van der Waals surface area contributed by atoms with Crippen LogP contribution in [0.1, 0.15) is 12.6 Å². The van der Waals surface area contributed by atoms with Gasteiger partial charge in [0.1, 0.15) is 0 Å². The molecular weight excluding hydrogens is 261 g/mol. The molecule has 0 saturated carbocycles. The maximum atomic E-state index is 10.7. The van der Waals surface area contributed by atoms with Crippen molar-refractivity contribution in [1.29, 1.82) is 0 Å². The molecule has 0 aliphatic carbocycles. The average Bonchev–Trinajstić information content (AvgIpc) is 2.60. The molecule has 2 rings (SSSR count). The second-order valence-corrected chi connectivity index (χ2v) is 4.55. The molecule has 90 valence electrons. The standard InChI is InChI=1S/C11H11Cl2N3O/c1-7(17)14-3-2-9-6-16-5-8(12)4-10(13)11(16)15-9/h4-6H,2-3H2,1H3,(H,14,17). The van der Waals surface area contributed by atoms with Gasteiger partial charge in [0.2, 0.25) is 5.91 Å². The maximum Gasteiger partial charge on any atom is 0.216 e. The molecule has 2 aromatic rings. The molecule has 1 N–H and O–H groups in total. The number of carbonyl (C=O) groups excluding carboxylic acids is 1. The number of fused-ring (bicyclic) bond motifs is 1. The van der Waals surface area contributed by atoms with Crippen molar-refractivity contribution in [3.8, 4) is 0 Å². The molecule has 0 aliphatic heterocycles. The lowest BCUT2D eigenvalue weighted by Crippen LogP contribution is -2.22. The van der Waals surface area contributed by atoms with E-state index in [1.807, 2.05) is 6.20 Å². The predicted octanol–water partition coefficient (Wildman–Crippen LogP) is 2.32. The molecule has 0 unspecified atom stereocenters. The zero-order chi connectivity index (χ0) is 12.4. The second kappa shape index (κ2) is 4.94. The maximum absolute atomic E-state index is 10.7. The van der Waals surface area contributed by atoms with Crippen LogP contribution >= 0.6 is 23.2 Å². The highest BCUT2D eigenvalue weighted by atomic mass is 35.5. The highest BCUT2D eigenvalue weighted by Gasteiger charge is 2.06. The Hall–Kier alpha value is -1.26. The Balaban J connectivity index is 2.20. The van der Waals surface area contributed by atoms with Gasteiger partial charge in [-0.15, -0.1) is 0 Å². The highest BCUT2D eigenvalue weighted by Crippen LogP contribution is 2.21. The second-order valence-electron chi connectivity index (χ2n) is 3.70. The van der Waals surface area contributed by atoms with Gasteiger partial charge in [-0.3, -0.25) is 4.79 Å². The van der Waals surface area contributed by atoms with Crippen LogP contribution in [0.25, 0.3) is 5.65 Å². The molecule has 6 heteroatoms. The lowest BCUT2D eigenvalue weighted by Gasteiger charge is -1.97. The molecule has 0 spiro atoms. The topological polar surface area (TPSA) is 46.4 Å². The summed E-state index contributed by atoms with van der Waals surface area (Å²) >= 11 is 11.9. The van der Waals surface area contributed by atoms with Gasteiger partial charge >= 0.3 is 0 Å². The third kappa shape index (κ3) is 2.90. The van der Waals surface area contributed by atoms with E-state index < -0.39 is 0 Å². The number of aromatic nitrogens is 2. The minimum Gasteiger partial charge on any atom is -0.356 e. The van der Waals surface area contributed by atoms with Crippen molar-refractivity contribution in [1.82, 2.24) is 14.7 Å². The van der Waals surface area contributed by atoms with Crippen LogP contribution in [0.15, 0.2) is 18.5 Å². The summed E-state index contributed by atoms with van der Waals surface area (Å²) in [5, 5.41) is 3.80. The van der Waals surface area contributed by atoms with Crippen LogP contribution in [0.5, 0.6) is 0 Å². The van der Waals surface area contributed by atoms with Crippen LogP contribution in [-0.4, -0.2) is 21.8 Å². The van der Waals surface area contributed by atoms with Crippen molar-refractivity contribution in [3.63, 3.8) is 0 Å². The summed E-state index contributed by atoms with van der Waals surface area (Å²) in [5.74, 6) is -0.0464. The van der Waals surface area contributed by atoms with E-state index in [0.717, 1.165) is 5.69 Å². The molecular formula is C11H11Cl2N3O. The van der Waals surface area contributed by atoms with Crippen LogP contribution in [0.3, 0.4) is 0 Å². The van der Waals surface area contributed by atoms with Gasteiger partial charge in [0.25, 0.3) is 0 Å². The molecule has 0 radical (unpaired) electrons. The summed E-state index contributed by atoms with van der Waals surface area (Å²) < 4.78 is 1.79. The van der Waals surface area contributed by atoms with E-state index >= 15 is 0 Å². The van der Waals surface area contributed by atoms with Gasteiger partial charge in [-0.1, -0.05) is 23.2 Å². The third-order valence-electron chi connectivity index (χ3n) is 2.28. The average molecular weight is 272 g/mol. The van der Waals surface area contributed by atoms with Crippen LogP contribution in [0.2, 0.25) is 10.0 Å². The van der Waals surface area contributed by atoms with E-state index in [0.29, 0.717) is 28.7 Å². The normalized spacial score (nSPS) is 10.8. The monoisotopic (exact) mass is 271 g/mol. The number of imidazole rings is 1. The Morgan fingerprint density at radius 3 is 2.94 bits per heavy atom. The molecule has 0 bridgehead atoms. The number of halogens is 2. The largest absolute Gasteiger partial charge is 0.356 e. The number of hydrogen-bond donors (Lipinski definition) is 1. The first-order valence-electron chi connectivity index (χ1n) is 5.13. The van der Waals surface area contributed by atoms with Crippen LogP contribution < -0.4 is 5.32 Å². The molecule has 0 saturated heterocycles. The van der Waals surface area contributed by atoms with Crippen molar-refractivity contribution in [3.05, 3.63) is 34.2 Å². The first-order chi connectivity index (χ1) is 8.06. The van der Waals surface area contributed by atoms with Crippen LogP contribution in [-0.2, 0) is 11.2 Å². The lowest BCUT2D eigenvalue weighted by atomic mass is 10.3. The van der Waals surface area contributed by atoms with Crippen molar-refractivity contribution in [2.45, 2.75) is 13.3 Å². The zero-order valence-electron chi connectivity index (χ0n) is 9.20. The van der Waals surface area contributed by atoms with Gasteiger partial charge in [0.15, 0.2) is 5.65 Å². The summed E-state index contributed by atoms with van der Waals surface area (Å²) in [5.41, 5.74) is 1.54. The van der Waals surface area contributed by atoms with Gasteiger partial charge in [-0.25, -0.2) is 4.98 Å². The van der Waals surface area contributed by atoms with E-state index in [1.54, 1.807) is 16.7 Å². The fourth-order valence-corrected chi connectivity index (χ4v) is 2.09.